The first-order chi connectivity index (χ1) is 11.2. The highest BCUT2D eigenvalue weighted by Gasteiger charge is 2.45. The summed E-state index contributed by atoms with van der Waals surface area (Å²) >= 11 is 0. The Morgan fingerprint density at radius 3 is 2.91 bits per heavy atom. The Hall–Kier alpha value is -1.53. The molecule has 2 heterocycles. The van der Waals surface area contributed by atoms with Gasteiger partial charge in [-0.1, -0.05) is 0 Å². The molecule has 1 amide bonds. The first kappa shape index (κ1) is 15.0. The first-order valence-electron chi connectivity index (χ1n) is 8.55. The van der Waals surface area contributed by atoms with Crippen molar-refractivity contribution in [2.75, 3.05) is 19.8 Å². The Bertz CT molecular complexity index is 573. The summed E-state index contributed by atoms with van der Waals surface area (Å²) < 4.78 is 12.0. The van der Waals surface area contributed by atoms with E-state index >= 15 is 0 Å². The fourth-order valence-electron chi connectivity index (χ4n) is 3.54. The standard InChI is InChI=1S/C17H23N3O3/c1-11-8-19-13(9-18-11)17(21)20-6-7-22-16-14(20)4-5-15(16)23-10-12-2-3-12/h8-9,12,14-16H,2-7,10H2,1H3/t14-,15-,16+/m0/s1. The molecule has 6 heteroatoms. The molecule has 3 aliphatic rings. The summed E-state index contributed by atoms with van der Waals surface area (Å²) in [5.74, 6) is 0.705. The number of rotatable bonds is 4. The maximum atomic E-state index is 12.8. The molecule has 4 rings (SSSR count). The number of aromatic nitrogens is 2. The third-order valence-electron chi connectivity index (χ3n) is 5.04. The number of hydrogen-bond acceptors (Lipinski definition) is 5. The maximum absolute atomic E-state index is 12.8. The minimum absolute atomic E-state index is 0.00450. The van der Waals surface area contributed by atoms with Crippen molar-refractivity contribution in [3.8, 4) is 0 Å². The van der Waals surface area contributed by atoms with Crippen molar-refractivity contribution in [3.63, 3.8) is 0 Å². The average molecular weight is 317 g/mol. The van der Waals surface area contributed by atoms with E-state index in [-0.39, 0.29) is 24.2 Å². The molecule has 0 aromatic carbocycles. The molecule has 0 radical (unpaired) electrons. The molecule has 6 nitrogen and oxygen atoms in total. The average Bonchev–Trinajstić information content (AvgIpc) is 3.31. The number of hydrogen-bond donors (Lipinski definition) is 0. The minimum Gasteiger partial charge on any atom is -0.375 e. The third kappa shape index (κ3) is 3.10. The van der Waals surface area contributed by atoms with Crippen LogP contribution in [0.5, 0.6) is 0 Å². The fourth-order valence-corrected chi connectivity index (χ4v) is 3.54. The zero-order valence-electron chi connectivity index (χ0n) is 13.5. The highest BCUT2D eigenvalue weighted by molar-refractivity contribution is 5.92. The van der Waals surface area contributed by atoms with Gasteiger partial charge in [0, 0.05) is 19.3 Å². The molecule has 0 spiro atoms. The summed E-state index contributed by atoms with van der Waals surface area (Å²) in [6.45, 7) is 3.89. The van der Waals surface area contributed by atoms with Crippen LogP contribution in [0.25, 0.3) is 0 Å². The highest BCUT2D eigenvalue weighted by Crippen LogP contribution is 2.35. The maximum Gasteiger partial charge on any atom is 0.274 e. The van der Waals surface area contributed by atoms with Crippen LogP contribution in [0.2, 0.25) is 0 Å². The van der Waals surface area contributed by atoms with Crippen LogP contribution in [0.3, 0.4) is 0 Å². The molecule has 0 N–H and O–H groups in total. The summed E-state index contributed by atoms with van der Waals surface area (Å²) in [6, 6.07) is 0.101. The topological polar surface area (TPSA) is 64.6 Å². The number of nitrogens with zero attached hydrogens (tertiary/aromatic N) is 3. The van der Waals surface area contributed by atoms with Crippen LogP contribution >= 0.6 is 0 Å². The zero-order chi connectivity index (χ0) is 15.8. The van der Waals surface area contributed by atoms with Crippen LogP contribution in [0.15, 0.2) is 12.4 Å². The quantitative estimate of drug-likeness (QED) is 0.843. The molecule has 1 aliphatic heterocycles. The Morgan fingerprint density at radius 2 is 2.17 bits per heavy atom. The van der Waals surface area contributed by atoms with E-state index in [1.165, 1.54) is 12.8 Å². The smallest absolute Gasteiger partial charge is 0.274 e. The van der Waals surface area contributed by atoms with Crippen molar-refractivity contribution in [1.82, 2.24) is 14.9 Å². The van der Waals surface area contributed by atoms with Crippen LogP contribution in [-0.2, 0) is 9.47 Å². The molecule has 2 aliphatic carbocycles. The number of carbonyl (C=O) groups is 1. The lowest BCUT2D eigenvalue weighted by atomic mass is 10.1. The van der Waals surface area contributed by atoms with Crippen LogP contribution in [0.1, 0.15) is 41.9 Å². The normalized spacial score (nSPS) is 30.3. The van der Waals surface area contributed by atoms with Gasteiger partial charge < -0.3 is 14.4 Å². The van der Waals surface area contributed by atoms with Crippen molar-refractivity contribution >= 4 is 5.91 Å². The Morgan fingerprint density at radius 1 is 1.30 bits per heavy atom. The van der Waals surface area contributed by atoms with E-state index in [9.17, 15) is 4.79 Å². The first-order valence-corrected chi connectivity index (χ1v) is 8.55. The molecule has 23 heavy (non-hydrogen) atoms. The molecule has 124 valence electrons. The summed E-state index contributed by atoms with van der Waals surface area (Å²) in [7, 11) is 0. The van der Waals surface area contributed by atoms with Gasteiger partial charge in [-0.3, -0.25) is 9.78 Å². The van der Waals surface area contributed by atoms with E-state index in [2.05, 4.69) is 9.97 Å². The molecule has 0 unspecified atom stereocenters. The molecular formula is C17H23N3O3. The van der Waals surface area contributed by atoms with Gasteiger partial charge in [0.1, 0.15) is 11.8 Å². The van der Waals surface area contributed by atoms with Gasteiger partial charge in [0.2, 0.25) is 0 Å². The lowest BCUT2D eigenvalue weighted by Gasteiger charge is -2.38. The monoisotopic (exact) mass is 317 g/mol. The number of amides is 1. The van der Waals surface area contributed by atoms with Crippen molar-refractivity contribution in [1.29, 1.82) is 0 Å². The van der Waals surface area contributed by atoms with E-state index in [1.807, 2.05) is 11.8 Å². The molecule has 1 aromatic heterocycles. The molecule has 3 fully saturated rings. The predicted octanol–water partition coefficient (Wildman–Crippen LogP) is 1.58. The van der Waals surface area contributed by atoms with Crippen molar-refractivity contribution in [2.24, 2.45) is 5.92 Å². The van der Waals surface area contributed by atoms with Gasteiger partial charge in [0.05, 0.1) is 30.6 Å². The Balaban J connectivity index is 1.44. The van der Waals surface area contributed by atoms with Crippen LogP contribution in [-0.4, -0.2) is 58.8 Å². The largest absolute Gasteiger partial charge is 0.375 e. The van der Waals surface area contributed by atoms with Gasteiger partial charge in [0.15, 0.2) is 0 Å². The molecule has 0 bridgehead atoms. The van der Waals surface area contributed by atoms with Crippen molar-refractivity contribution in [2.45, 2.75) is 50.9 Å². The number of carbonyl (C=O) groups excluding carboxylic acids is 1. The SMILES string of the molecule is Cc1cnc(C(=O)N2CCO[C@H]3[C@@H](OCC4CC4)CC[C@@H]32)cn1. The van der Waals surface area contributed by atoms with E-state index < -0.39 is 0 Å². The van der Waals surface area contributed by atoms with Gasteiger partial charge in [-0.05, 0) is 38.5 Å². The van der Waals surface area contributed by atoms with Crippen LogP contribution < -0.4 is 0 Å². The van der Waals surface area contributed by atoms with Gasteiger partial charge in [-0.25, -0.2) is 4.98 Å². The number of fused-ring (bicyclic) bond motifs is 1. The highest BCUT2D eigenvalue weighted by atomic mass is 16.5. The Labute approximate surface area is 136 Å². The van der Waals surface area contributed by atoms with Gasteiger partial charge in [-0.2, -0.15) is 0 Å². The molecule has 3 atom stereocenters. The zero-order valence-corrected chi connectivity index (χ0v) is 13.5. The molecule has 2 saturated carbocycles. The third-order valence-corrected chi connectivity index (χ3v) is 5.04. The summed E-state index contributed by atoms with van der Waals surface area (Å²) in [4.78, 5) is 23.1. The second-order valence-corrected chi connectivity index (χ2v) is 6.84. The van der Waals surface area contributed by atoms with Crippen LogP contribution in [0, 0.1) is 12.8 Å². The summed E-state index contributed by atoms with van der Waals surface area (Å²) in [5, 5.41) is 0. The second-order valence-electron chi connectivity index (χ2n) is 6.84. The molecule has 1 aromatic rings. The van der Waals surface area contributed by atoms with Gasteiger partial charge in [-0.15, -0.1) is 0 Å². The Kier molecular flexibility index (Phi) is 4.03. The van der Waals surface area contributed by atoms with Crippen molar-refractivity contribution in [3.05, 3.63) is 23.8 Å². The van der Waals surface area contributed by atoms with Crippen LogP contribution in [0.4, 0.5) is 0 Å². The lowest BCUT2D eigenvalue weighted by molar-refractivity contribution is -0.106. The van der Waals surface area contributed by atoms with Gasteiger partial charge in [0.25, 0.3) is 5.91 Å². The van der Waals surface area contributed by atoms with Gasteiger partial charge >= 0.3 is 0 Å². The van der Waals surface area contributed by atoms with E-state index in [0.29, 0.717) is 18.8 Å². The molecular weight excluding hydrogens is 294 g/mol. The number of ether oxygens (including phenoxy) is 2. The van der Waals surface area contributed by atoms with E-state index in [4.69, 9.17) is 9.47 Å². The lowest BCUT2D eigenvalue weighted by Crippen LogP contribution is -2.54. The van der Waals surface area contributed by atoms with E-state index in [1.54, 1.807) is 12.4 Å². The van der Waals surface area contributed by atoms with E-state index in [0.717, 1.165) is 31.1 Å². The molecule has 1 saturated heterocycles. The number of aryl methyl sites for hydroxylation is 1. The summed E-state index contributed by atoms with van der Waals surface area (Å²) in [6.07, 6.45) is 7.82. The second kappa shape index (κ2) is 6.17. The fraction of sp³-hybridized carbons (Fsp3) is 0.706. The van der Waals surface area contributed by atoms with Crippen molar-refractivity contribution < 1.29 is 14.3 Å². The minimum atomic E-state index is -0.0429. The predicted molar refractivity (Wildman–Crippen MR) is 83.0 cm³/mol. The number of morpholine rings is 1. The summed E-state index contributed by atoms with van der Waals surface area (Å²) in [5.41, 5.74) is 1.23.